The fourth-order valence-electron chi connectivity index (χ4n) is 1.87. The smallest absolute Gasteiger partial charge is 0.387 e. The Morgan fingerprint density at radius 1 is 1.20 bits per heavy atom. The second-order valence-corrected chi connectivity index (χ2v) is 5.11. The maximum atomic E-state index is 12.4. The van der Waals surface area contributed by atoms with Crippen molar-refractivity contribution in [1.29, 1.82) is 0 Å². The number of aryl methyl sites for hydroxylation is 1. The minimum absolute atomic E-state index is 0.0896. The van der Waals surface area contributed by atoms with E-state index in [1.807, 2.05) is 18.4 Å². The molecule has 3 nitrogen and oxygen atoms in total. The number of hydrogen-bond acceptors (Lipinski definition) is 4. The molecule has 0 spiro atoms. The third-order valence-electron chi connectivity index (χ3n) is 2.87. The lowest BCUT2D eigenvalue weighted by atomic mass is 10.1. The standard InChI is InChI=1S/C14H14F2O3S/c1-8-5-6-20-13(8)12(17)9-3-4-10(18-2)11(7-9)19-14(15)16/h3-7,12,14,17H,1-2H3. The molecule has 108 valence electrons. The first-order valence-electron chi connectivity index (χ1n) is 5.87. The highest BCUT2D eigenvalue weighted by Gasteiger charge is 2.18. The summed E-state index contributed by atoms with van der Waals surface area (Å²) in [6.45, 7) is -1.06. The summed E-state index contributed by atoms with van der Waals surface area (Å²) in [5.41, 5.74) is 1.43. The van der Waals surface area contributed by atoms with E-state index in [1.165, 1.54) is 30.6 Å². The van der Waals surface area contributed by atoms with Crippen LogP contribution in [0.2, 0.25) is 0 Å². The Balaban J connectivity index is 2.35. The molecule has 1 aromatic heterocycles. The summed E-state index contributed by atoms with van der Waals surface area (Å²) in [7, 11) is 1.37. The predicted molar refractivity (Wildman–Crippen MR) is 72.7 cm³/mol. The highest BCUT2D eigenvalue weighted by Crippen LogP contribution is 2.35. The Morgan fingerprint density at radius 3 is 2.50 bits per heavy atom. The maximum absolute atomic E-state index is 12.4. The minimum atomic E-state index is -2.94. The van der Waals surface area contributed by atoms with Crippen molar-refractivity contribution in [3.63, 3.8) is 0 Å². The highest BCUT2D eigenvalue weighted by molar-refractivity contribution is 7.10. The molecule has 0 fully saturated rings. The van der Waals surface area contributed by atoms with Gasteiger partial charge >= 0.3 is 6.61 Å². The number of benzene rings is 1. The summed E-state index contributed by atoms with van der Waals surface area (Å²) >= 11 is 1.41. The summed E-state index contributed by atoms with van der Waals surface area (Å²) in [5, 5.41) is 12.2. The molecular weight excluding hydrogens is 286 g/mol. The van der Waals surface area contributed by atoms with Crippen molar-refractivity contribution in [2.75, 3.05) is 7.11 Å². The van der Waals surface area contributed by atoms with Crippen LogP contribution in [0.3, 0.4) is 0 Å². The molecule has 2 rings (SSSR count). The fourth-order valence-corrected chi connectivity index (χ4v) is 2.81. The number of methoxy groups -OCH3 is 1. The van der Waals surface area contributed by atoms with Crippen molar-refractivity contribution in [2.45, 2.75) is 19.6 Å². The van der Waals surface area contributed by atoms with Crippen molar-refractivity contribution >= 4 is 11.3 Å². The molecule has 0 saturated carbocycles. The molecule has 20 heavy (non-hydrogen) atoms. The van der Waals surface area contributed by atoms with Gasteiger partial charge in [-0.25, -0.2) is 0 Å². The number of thiophene rings is 1. The van der Waals surface area contributed by atoms with Crippen molar-refractivity contribution < 1.29 is 23.4 Å². The lowest BCUT2D eigenvalue weighted by molar-refractivity contribution is -0.0513. The van der Waals surface area contributed by atoms with Gasteiger partial charge in [0.05, 0.1) is 7.11 Å². The zero-order valence-electron chi connectivity index (χ0n) is 11.0. The van der Waals surface area contributed by atoms with Gasteiger partial charge in [0.25, 0.3) is 0 Å². The van der Waals surface area contributed by atoms with Crippen LogP contribution in [0.1, 0.15) is 22.1 Å². The third-order valence-corrected chi connectivity index (χ3v) is 3.94. The summed E-state index contributed by atoms with van der Waals surface area (Å²) in [6, 6.07) is 6.39. The lowest BCUT2D eigenvalue weighted by Gasteiger charge is -2.15. The summed E-state index contributed by atoms with van der Waals surface area (Å²) < 4.78 is 34.1. The molecule has 1 N–H and O–H groups in total. The van der Waals surface area contributed by atoms with E-state index in [1.54, 1.807) is 6.07 Å². The number of halogens is 2. The van der Waals surface area contributed by atoms with Gasteiger partial charge in [-0.05, 0) is 41.6 Å². The monoisotopic (exact) mass is 300 g/mol. The van der Waals surface area contributed by atoms with Crippen LogP contribution in [0.25, 0.3) is 0 Å². The van der Waals surface area contributed by atoms with Crippen LogP contribution in [-0.2, 0) is 0 Å². The van der Waals surface area contributed by atoms with Gasteiger partial charge < -0.3 is 14.6 Å². The van der Waals surface area contributed by atoms with E-state index in [0.717, 1.165) is 10.4 Å². The molecule has 1 atom stereocenters. The van der Waals surface area contributed by atoms with Gasteiger partial charge in [0.15, 0.2) is 11.5 Å². The van der Waals surface area contributed by atoms with Crippen molar-refractivity contribution in [1.82, 2.24) is 0 Å². The third kappa shape index (κ3) is 3.08. The molecule has 0 amide bonds. The van der Waals surface area contributed by atoms with E-state index in [9.17, 15) is 13.9 Å². The molecule has 0 bridgehead atoms. The van der Waals surface area contributed by atoms with Gasteiger partial charge in [-0.3, -0.25) is 0 Å². The average molecular weight is 300 g/mol. The van der Waals surface area contributed by atoms with Gasteiger partial charge in [-0.1, -0.05) is 6.07 Å². The van der Waals surface area contributed by atoms with Crippen molar-refractivity contribution in [2.24, 2.45) is 0 Å². The predicted octanol–water partition coefficient (Wildman–Crippen LogP) is 3.75. The van der Waals surface area contributed by atoms with E-state index in [4.69, 9.17) is 4.74 Å². The number of ether oxygens (including phenoxy) is 2. The zero-order valence-corrected chi connectivity index (χ0v) is 11.8. The fraction of sp³-hybridized carbons (Fsp3) is 0.286. The second-order valence-electron chi connectivity index (χ2n) is 4.16. The molecule has 2 aromatic rings. The van der Waals surface area contributed by atoms with E-state index in [2.05, 4.69) is 4.74 Å². The van der Waals surface area contributed by atoms with E-state index < -0.39 is 12.7 Å². The molecule has 0 aliphatic rings. The molecule has 0 aliphatic carbocycles. The Bertz CT molecular complexity index is 584. The summed E-state index contributed by atoms with van der Waals surface area (Å²) in [4.78, 5) is 0.776. The largest absolute Gasteiger partial charge is 0.493 e. The van der Waals surface area contributed by atoms with Gasteiger partial charge in [0, 0.05) is 4.88 Å². The number of aliphatic hydroxyl groups is 1. The number of hydrogen-bond donors (Lipinski definition) is 1. The number of rotatable bonds is 5. The first-order valence-corrected chi connectivity index (χ1v) is 6.75. The van der Waals surface area contributed by atoms with Crippen LogP contribution in [0.4, 0.5) is 8.78 Å². The van der Waals surface area contributed by atoms with Crippen LogP contribution in [0, 0.1) is 6.92 Å². The minimum Gasteiger partial charge on any atom is -0.493 e. The quantitative estimate of drug-likeness (QED) is 0.914. The van der Waals surface area contributed by atoms with Crippen LogP contribution in [0.15, 0.2) is 29.6 Å². The van der Waals surface area contributed by atoms with Crippen molar-refractivity contribution in [3.8, 4) is 11.5 Å². The van der Waals surface area contributed by atoms with Crippen LogP contribution in [0.5, 0.6) is 11.5 Å². The Labute approximate surface area is 119 Å². The number of alkyl halides is 2. The first kappa shape index (κ1) is 14.7. The second kappa shape index (κ2) is 6.19. The Morgan fingerprint density at radius 2 is 1.95 bits per heavy atom. The van der Waals surface area contributed by atoms with Gasteiger partial charge in [0.2, 0.25) is 0 Å². The molecule has 6 heteroatoms. The average Bonchev–Trinajstić information content (AvgIpc) is 2.83. The normalized spacial score (nSPS) is 12.5. The van der Waals surface area contributed by atoms with Crippen LogP contribution >= 0.6 is 11.3 Å². The van der Waals surface area contributed by atoms with Crippen molar-refractivity contribution in [3.05, 3.63) is 45.6 Å². The van der Waals surface area contributed by atoms with E-state index >= 15 is 0 Å². The molecule has 1 heterocycles. The Kier molecular flexibility index (Phi) is 4.57. The Hall–Kier alpha value is -1.66. The lowest BCUT2D eigenvalue weighted by Crippen LogP contribution is -2.05. The van der Waals surface area contributed by atoms with E-state index in [-0.39, 0.29) is 11.5 Å². The topological polar surface area (TPSA) is 38.7 Å². The summed E-state index contributed by atoms with van der Waals surface area (Å²) in [6.07, 6.45) is -0.874. The highest BCUT2D eigenvalue weighted by atomic mass is 32.1. The maximum Gasteiger partial charge on any atom is 0.387 e. The molecular formula is C14H14F2O3S. The molecule has 1 unspecified atom stereocenters. The first-order chi connectivity index (χ1) is 9.52. The molecule has 1 aromatic carbocycles. The number of aliphatic hydroxyl groups excluding tert-OH is 1. The summed E-state index contributed by atoms with van der Waals surface area (Å²) in [5.74, 6) is 0.109. The van der Waals surface area contributed by atoms with E-state index in [0.29, 0.717) is 5.56 Å². The van der Waals surface area contributed by atoms with Gasteiger partial charge in [-0.2, -0.15) is 8.78 Å². The molecule has 0 saturated heterocycles. The van der Waals surface area contributed by atoms with Crippen LogP contribution < -0.4 is 9.47 Å². The van der Waals surface area contributed by atoms with Gasteiger partial charge in [-0.15, -0.1) is 11.3 Å². The van der Waals surface area contributed by atoms with Gasteiger partial charge in [0.1, 0.15) is 6.10 Å². The molecule has 0 aliphatic heterocycles. The SMILES string of the molecule is COc1ccc(C(O)c2sccc2C)cc1OC(F)F. The zero-order chi connectivity index (χ0) is 14.7. The molecule has 0 radical (unpaired) electrons. The van der Waals surface area contributed by atoms with Crippen LogP contribution in [-0.4, -0.2) is 18.8 Å².